The average Bonchev–Trinajstić information content (AvgIpc) is 2.48. The van der Waals surface area contributed by atoms with Crippen molar-refractivity contribution in [3.05, 3.63) is 0 Å². The molecule has 0 aromatic carbocycles. The minimum absolute atomic E-state index is 0.227. The molecule has 1 N–H and O–H groups in total. The van der Waals surface area contributed by atoms with Gasteiger partial charge >= 0.3 is 6.18 Å². The Hall–Kier alpha value is -0.390. The van der Waals surface area contributed by atoms with E-state index in [1.54, 1.807) is 0 Å². The predicted octanol–water partition coefficient (Wildman–Crippen LogP) is 3.04. The molecule has 0 fully saturated rings. The minimum atomic E-state index is -4.12. The third kappa shape index (κ3) is 4.63. The molecule has 0 spiro atoms. The maximum Gasteiger partial charge on any atom is 0.391 e. The lowest BCUT2D eigenvalue weighted by Crippen LogP contribution is -2.33. The number of aliphatic imine (C=N–C) groups is 1. The summed E-state index contributed by atoms with van der Waals surface area (Å²) in [6.45, 7) is 5.66. The number of rotatable bonds is 3. The largest absolute Gasteiger partial charge is 0.391 e. The molecule has 0 aliphatic carbocycles. The zero-order valence-electron chi connectivity index (χ0n) is 9.64. The van der Waals surface area contributed by atoms with Gasteiger partial charge in [0, 0.05) is 11.8 Å². The Morgan fingerprint density at radius 3 is 2.50 bits per heavy atom. The molecule has 0 saturated heterocycles. The summed E-state index contributed by atoms with van der Waals surface area (Å²) in [5, 5.41) is 3.46. The zero-order valence-corrected chi connectivity index (χ0v) is 10.5. The van der Waals surface area contributed by atoms with E-state index >= 15 is 0 Å². The van der Waals surface area contributed by atoms with Gasteiger partial charge in [-0.05, 0) is 12.8 Å². The number of alkyl halides is 3. The number of nitrogens with one attached hydrogen (secondary N) is 1. The Morgan fingerprint density at radius 2 is 2.06 bits per heavy atom. The van der Waals surface area contributed by atoms with E-state index in [4.69, 9.17) is 0 Å². The Balaban J connectivity index is 2.41. The van der Waals surface area contributed by atoms with Gasteiger partial charge in [-0.25, -0.2) is 0 Å². The van der Waals surface area contributed by atoms with Crippen LogP contribution in [0.1, 0.15) is 27.2 Å². The highest BCUT2D eigenvalue weighted by Crippen LogP contribution is 2.24. The monoisotopic (exact) mass is 254 g/mol. The smallest absolute Gasteiger partial charge is 0.362 e. The van der Waals surface area contributed by atoms with Crippen LogP contribution in [0.15, 0.2) is 4.99 Å². The number of amidine groups is 1. The topological polar surface area (TPSA) is 24.4 Å². The Kier molecular flexibility index (Phi) is 4.52. The van der Waals surface area contributed by atoms with Crippen molar-refractivity contribution in [3.63, 3.8) is 0 Å². The van der Waals surface area contributed by atoms with Crippen molar-refractivity contribution in [2.75, 3.05) is 5.75 Å². The molecule has 1 heterocycles. The Labute approximate surface area is 98.1 Å². The quantitative estimate of drug-likeness (QED) is 0.837. The summed E-state index contributed by atoms with van der Waals surface area (Å²) in [6, 6.07) is -0.386. The van der Waals surface area contributed by atoms with E-state index in [-0.39, 0.29) is 6.04 Å². The molecular weight excluding hydrogens is 237 g/mol. The third-order valence-electron chi connectivity index (χ3n) is 2.35. The molecule has 2 atom stereocenters. The molecule has 0 aromatic heterocycles. The summed E-state index contributed by atoms with van der Waals surface area (Å²) < 4.78 is 36.3. The highest BCUT2D eigenvalue weighted by atomic mass is 32.2. The molecule has 0 amide bonds. The molecule has 2 nitrogen and oxygen atoms in total. The van der Waals surface area contributed by atoms with Gasteiger partial charge in [0.05, 0.1) is 12.5 Å². The lowest BCUT2D eigenvalue weighted by Gasteiger charge is -2.16. The number of thioether (sulfide) groups is 1. The second-order valence-electron chi connectivity index (χ2n) is 4.42. The summed E-state index contributed by atoms with van der Waals surface area (Å²) in [7, 11) is 0. The van der Waals surface area contributed by atoms with E-state index in [0.29, 0.717) is 11.1 Å². The molecule has 0 radical (unpaired) electrons. The molecule has 1 aliphatic rings. The van der Waals surface area contributed by atoms with Gasteiger partial charge in [0.25, 0.3) is 0 Å². The zero-order chi connectivity index (χ0) is 12.3. The van der Waals surface area contributed by atoms with Crippen LogP contribution in [-0.4, -0.2) is 29.2 Å². The van der Waals surface area contributed by atoms with Gasteiger partial charge in [0.1, 0.15) is 0 Å². The van der Waals surface area contributed by atoms with Crippen LogP contribution in [-0.2, 0) is 0 Å². The van der Waals surface area contributed by atoms with E-state index in [1.807, 2.05) is 0 Å². The van der Waals surface area contributed by atoms with Gasteiger partial charge < -0.3 is 5.32 Å². The average molecular weight is 254 g/mol. The highest BCUT2D eigenvalue weighted by Gasteiger charge is 2.31. The van der Waals surface area contributed by atoms with E-state index in [0.717, 1.165) is 5.75 Å². The van der Waals surface area contributed by atoms with E-state index in [1.165, 1.54) is 18.7 Å². The molecular formula is C10H17F3N2S. The number of nitrogens with zero attached hydrogens (tertiary/aromatic N) is 1. The van der Waals surface area contributed by atoms with Crippen molar-refractivity contribution >= 4 is 16.9 Å². The molecule has 0 saturated carbocycles. The Bertz CT molecular complexity index is 263. The molecule has 1 rings (SSSR count). The lowest BCUT2D eigenvalue weighted by atomic mass is 10.1. The van der Waals surface area contributed by atoms with Crippen LogP contribution in [0, 0.1) is 5.92 Å². The van der Waals surface area contributed by atoms with Crippen molar-refractivity contribution in [1.82, 2.24) is 5.32 Å². The van der Waals surface area contributed by atoms with Crippen LogP contribution in [0.5, 0.6) is 0 Å². The van der Waals surface area contributed by atoms with Gasteiger partial charge in [-0.2, -0.15) is 13.2 Å². The molecule has 6 heteroatoms. The molecule has 2 unspecified atom stereocenters. The molecule has 0 aromatic rings. The van der Waals surface area contributed by atoms with Gasteiger partial charge in [0.15, 0.2) is 5.17 Å². The van der Waals surface area contributed by atoms with Crippen molar-refractivity contribution < 1.29 is 13.2 Å². The van der Waals surface area contributed by atoms with Crippen LogP contribution >= 0.6 is 11.8 Å². The summed E-state index contributed by atoms with van der Waals surface area (Å²) in [5.41, 5.74) is 0. The van der Waals surface area contributed by atoms with Crippen LogP contribution in [0.3, 0.4) is 0 Å². The molecule has 94 valence electrons. The SMILES string of the molecule is CC(CC(F)(F)F)NC1=NC(C(C)C)CS1. The number of hydrogen-bond donors (Lipinski definition) is 1. The summed E-state index contributed by atoms with van der Waals surface area (Å²) in [5.74, 6) is 1.29. The first-order chi connectivity index (χ1) is 7.28. The number of hydrogen-bond acceptors (Lipinski definition) is 3. The van der Waals surface area contributed by atoms with Crippen LogP contribution in [0.4, 0.5) is 13.2 Å². The van der Waals surface area contributed by atoms with E-state index in [2.05, 4.69) is 24.2 Å². The summed E-state index contributed by atoms with van der Waals surface area (Å²) >= 11 is 1.50. The number of halogens is 3. The van der Waals surface area contributed by atoms with E-state index in [9.17, 15) is 13.2 Å². The van der Waals surface area contributed by atoms with Crippen LogP contribution in [0.2, 0.25) is 0 Å². The fraction of sp³-hybridized carbons (Fsp3) is 0.900. The highest BCUT2D eigenvalue weighted by molar-refractivity contribution is 8.14. The Morgan fingerprint density at radius 1 is 1.44 bits per heavy atom. The first kappa shape index (κ1) is 13.7. The van der Waals surface area contributed by atoms with Crippen molar-refractivity contribution in [3.8, 4) is 0 Å². The molecule has 1 aliphatic heterocycles. The first-order valence-electron chi connectivity index (χ1n) is 5.32. The van der Waals surface area contributed by atoms with Gasteiger partial charge in [-0.15, -0.1) is 0 Å². The fourth-order valence-corrected chi connectivity index (χ4v) is 2.70. The standard InChI is InChI=1S/C10H17F3N2S/c1-6(2)8-5-16-9(15-8)14-7(3)4-10(11,12)13/h6-8H,4-5H2,1-3H3,(H,14,15). The van der Waals surface area contributed by atoms with Gasteiger partial charge in [-0.1, -0.05) is 25.6 Å². The fourth-order valence-electron chi connectivity index (χ4n) is 1.42. The third-order valence-corrected chi connectivity index (χ3v) is 3.36. The second kappa shape index (κ2) is 5.29. The van der Waals surface area contributed by atoms with Gasteiger partial charge in [0.2, 0.25) is 0 Å². The minimum Gasteiger partial charge on any atom is -0.362 e. The lowest BCUT2D eigenvalue weighted by molar-refractivity contribution is -0.138. The summed E-state index contributed by atoms with van der Waals surface area (Å²) in [4.78, 5) is 4.36. The second-order valence-corrected chi connectivity index (χ2v) is 5.43. The van der Waals surface area contributed by atoms with Gasteiger partial charge in [-0.3, -0.25) is 4.99 Å². The van der Waals surface area contributed by atoms with Crippen molar-refractivity contribution in [2.24, 2.45) is 10.9 Å². The predicted molar refractivity (Wildman–Crippen MR) is 61.8 cm³/mol. The van der Waals surface area contributed by atoms with E-state index < -0.39 is 18.6 Å². The molecule has 16 heavy (non-hydrogen) atoms. The van der Waals surface area contributed by atoms with Crippen molar-refractivity contribution in [1.29, 1.82) is 0 Å². The summed E-state index contributed by atoms with van der Waals surface area (Å²) in [6.07, 6.45) is -4.94. The van der Waals surface area contributed by atoms with Crippen LogP contribution in [0.25, 0.3) is 0 Å². The maximum absolute atomic E-state index is 12.1. The normalized spacial score (nSPS) is 23.4. The van der Waals surface area contributed by atoms with Crippen LogP contribution < -0.4 is 5.32 Å². The maximum atomic E-state index is 12.1. The van der Waals surface area contributed by atoms with Crippen molar-refractivity contribution in [2.45, 2.75) is 45.5 Å². The first-order valence-corrected chi connectivity index (χ1v) is 6.30. The molecule has 0 bridgehead atoms.